The van der Waals surface area contributed by atoms with Gasteiger partial charge in [0.1, 0.15) is 17.5 Å². The summed E-state index contributed by atoms with van der Waals surface area (Å²) in [6.07, 6.45) is 1.85. The lowest BCUT2D eigenvalue weighted by molar-refractivity contribution is 0.275. The van der Waals surface area contributed by atoms with Crippen LogP contribution in [-0.2, 0) is 20.7 Å². The maximum absolute atomic E-state index is 13.4. The highest BCUT2D eigenvalue weighted by atomic mass is 19.1. The molecule has 0 aromatic carbocycles. The zero-order valence-electron chi connectivity index (χ0n) is 14.1. The van der Waals surface area contributed by atoms with Crippen molar-refractivity contribution in [1.29, 1.82) is 0 Å². The van der Waals surface area contributed by atoms with Crippen LogP contribution < -0.4 is 21.5 Å². The minimum atomic E-state index is -0.545. The van der Waals surface area contributed by atoms with Gasteiger partial charge < -0.3 is 15.3 Å². The average molecular weight is 349 g/mol. The minimum Gasteiger partial charge on any atom is -0.392 e. The predicted molar refractivity (Wildman–Crippen MR) is 91.3 cm³/mol. The maximum Gasteiger partial charge on any atom is 0.332 e. The number of pyridine rings is 1. The molecule has 25 heavy (non-hydrogen) atoms. The molecule has 0 radical (unpaired) electrons. The van der Waals surface area contributed by atoms with Gasteiger partial charge in [0.25, 0.3) is 5.56 Å². The molecule has 0 bridgehead atoms. The van der Waals surface area contributed by atoms with E-state index < -0.39 is 12.4 Å². The molecule has 0 unspecified atom stereocenters. The highest BCUT2D eigenvalue weighted by molar-refractivity contribution is 5.44. The third-order valence-corrected chi connectivity index (χ3v) is 4.47. The molecular formula is C16H20FN5O3. The number of nitrogens with zero attached hydrogens (tertiary/aromatic N) is 4. The summed E-state index contributed by atoms with van der Waals surface area (Å²) < 4.78 is 15.9. The van der Waals surface area contributed by atoms with E-state index in [1.807, 2.05) is 4.90 Å². The van der Waals surface area contributed by atoms with E-state index in [-0.39, 0.29) is 22.9 Å². The molecule has 0 aliphatic carbocycles. The van der Waals surface area contributed by atoms with Crippen LogP contribution >= 0.6 is 0 Å². The summed E-state index contributed by atoms with van der Waals surface area (Å²) in [6, 6.07) is 2.96. The summed E-state index contributed by atoms with van der Waals surface area (Å²) in [5.41, 5.74) is -0.532. The van der Waals surface area contributed by atoms with E-state index in [9.17, 15) is 14.0 Å². The Morgan fingerprint density at radius 3 is 2.80 bits per heavy atom. The quantitative estimate of drug-likeness (QED) is 0.794. The van der Waals surface area contributed by atoms with Gasteiger partial charge in [-0.05, 0) is 12.5 Å². The molecule has 0 spiro atoms. The molecule has 2 aromatic rings. The van der Waals surface area contributed by atoms with Gasteiger partial charge in [-0.25, -0.2) is 14.2 Å². The van der Waals surface area contributed by atoms with Crippen molar-refractivity contribution in [2.24, 2.45) is 14.1 Å². The van der Waals surface area contributed by atoms with Gasteiger partial charge in [-0.15, -0.1) is 0 Å². The fourth-order valence-electron chi connectivity index (χ4n) is 3.00. The van der Waals surface area contributed by atoms with Gasteiger partial charge in [0.2, 0.25) is 0 Å². The Labute approximate surface area is 143 Å². The first-order chi connectivity index (χ1) is 11.9. The summed E-state index contributed by atoms with van der Waals surface area (Å²) in [5.74, 6) is 0.506. The molecule has 1 fully saturated rings. The van der Waals surface area contributed by atoms with E-state index in [4.69, 9.17) is 5.11 Å². The normalized spacial score (nSPS) is 17.1. The standard InChI is InChI=1S/C16H20FN5O3/c1-20-14(6-15(24)21(2)16(20)25)22-4-3-11(8-22)19-13-5-10(9-23)12(17)7-18-13/h5-7,11,23H,3-4,8-9H2,1-2H3,(H,18,19)/t11-/m1/s1. The molecule has 0 saturated carbocycles. The monoisotopic (exact) mass is 349 g/mol. The third-order valence-electron chi connectivity index (χ3n) is 4.47. The van der Waals surface area contributed by atoms with Gasteiger partial charge in [-0.1, -0.05) is 0 Å². The van der Waals surface area contributed by atoms with Gasteiger partial charge >= 0.3 is 5.69 Å². The first kappa shape index (κ1) is 17.2. The summed E-state index contributed by atoms with van der Waals surface area (Å²) in [6.45, 7) is 0.857. The van der Waals surface area contributed by atoms with Crippen molar-refractivity contribution in [1.82, 2.24) is 14.1 Å². The Morgan fingerprint density at radius 1 is 1.32 bits per heavy atom. The fraction of sp³-hybridized carbons (Fsp3) is 0.438. The van der Waals surface area contributed by atoms with E-state index in [0.717, 1.165) is 17.2 Å². The van der Waals surface area contributed by atoms with E-state index in [2.05, 4.69) is 10.3 Å². The Kier molecular flexibility index (Phi) is 4.58. The Morgan fingerprint density at radius 2 is 2.08 bits per heavy atom. The van der Waals surface area contributed by atoms with Crippen LogP contribution in [0.25, 0.3) is 0 Å². The van der Waals surface area contributed by atoms with Crippen molar-refractivity contribution in [2.75, 3.05) is 23.3 Å². The summed E-state index contributed by atoms with van der Waals surface area (Å²) in [4.78, 5) is 29.9. The van der Waals surface area contributed by atoms with Crippen LogP contribution in [-0.4, -0.2) is 38.4 Å². The predicted octanol–water partition coefficient (Wildman–Crippen LogP) is -0.199. The Bertz CT molecular complexity index is 908. The van der Waals surface area contributed by atoms with Crippen molar-refractivity contribution in [2.45, 2.75) is 19.1 Å². The number of rotatable bonds is 4. The zero-order valence-corrected chi connectivity index (χ0v) is 14.1. The van der Waals surface area contributed by atoms with Crippen molar-refractivity contribution in [3.63, 3.8) is 0 Å². The molecule has 134 valence electrons. The maximum atomic E-state index is 13.4. The molecule has 1 saturated heterocycles. The molecule has 1 aliphatic heterocycles. The molecule has 2 aromatic heterocycles. The van der Waals surface area contributed by atoms with Crippen LogP contribution in [0.2, 0.25) is 0 Å². The number of aliphatic hydroxyl groups is 1. The second kappa shape index (κ2) is 6.67. The molecule has 3 rings (SSSR count). The highest BCUT2D eigenvalue weighted by Gasteiger charge is 2.25. The molecule has 1 aliphatic rings. The first-order valence-corrected chi connectivity index (χ1v) is 7.94. The first-order valence-electron chi connectivity index (χ1n) is 7.94. The SMILES string of the molecule is Cn1c(N2CC[C@@H](Nc3cc(CO)c(F)cn3)C2)cc(=O)n(C)c1=O. The zero-order chi connectivity index (χ0) is 18.1. The number of hydrogen-bond donors (Lipinski definition) is 2. The number of anilines is 2. The summed E-state index contributed by atoms with van der Waals surface area (Å²) in [7, 11) is 3.08. The van der Waals surface area contributed by atoms with E-state index in [1.165, 1.54) is 23.7 Å². The van der Waals surface area contributed by atoms with E-state index in [0.29, 0.717) is 24.7 Å². The van der Waals surface area contributed by atoms with Crippen LogP contribution in [0.1, 0.15) is 12.0 Å². The fourth-order valence-corrected chi connectivity index (χ4v) is 3.00. The topological polar surface area (TPSA) is 92.4 Å². The lowest BCUT2D eigenvalue weighted by Gasteiger charge is -2.21. The van der Waals surface area contributed by atoms with Gasteiger partial charge in [0.05, 0.1) is 12.8 Å². The Balaban J connectivity index is 1.77. The number of aliphatic hydroxyl groups excluding tert-OH is 1. The van der Waals surface area contributed by atoms with Gasteiger partial charge in [0.15, 0.2) is 0 Å². The molecule has 8 nitrogen and oxygen atoms in total. The average Bonchev–Trinajstić information content (AvgIpc) is 3.06. The minimum absolute atomic E-state index is 0.0312. The lowest BCUT2D eigenvalue weighted by atomic mass is 10.2. The Hall–Kier alpha value is -2.68. The summed E-state index contributed by atoms with van der Waals surface area (Å²) in [5, 5.41) is 12.3. The number of halogens is 1. The molecule has 9 heteroatoms. The summed E-state index contributed by atoms with van der Waals surface area (Å²) >= 11 is 0. The van der Waals surface area contributed by atoms with Gasteiger partial charge in [0, 0.05) is 44.9 Å². The smallest absolute Gasteiger partial charge is 0.332 e. The highest BCUT2D eigenvalue weighted by Crippen LogP contribution is 2.20. The van der Waals surface area contributed by atoms with Crippen LogP contribution in [0.15, 0.2) is 27.9 Å². The van der Waals surface area contributed by atoms with Crippen molar-refractivity contribution >= 4 is 11.6 Å². The van der Waals surface area contributed by atoms with E-state index in [1.54, 1.807) is 7.05 Å². The van der Waals surface area contributed by atoms with Crippen molar-refractivity contribution < 1.29 is 9.50 Å². The third kappa shape index (κ3) is 3.27. The lowest BCUT2D eigenvalue weighted by Crippen LogP contribution is -2.40. The van der Waals surface area contributed by atoms with Crippen LogP contribution in [0.3, 0.4) is 0 Å². The van der Waals surface area contributed by atoms with Gasteiger partial charge in [-0.2, -0.15) is 0 Å². The molecule has 1 atom stereocenters. The van der Waals surface area contributed by atoms with Gasteiger partial charge in [-0.3, -0.25) is 13.9 Å². The molecular weight excluding hydrogens is 329 g/mol. The largest absolute Gasteiger partial charge is 0.392 e. The van der Waals surface area contributed by atoms with E-state index >= 15 is 0 Å². The number of nitrogens with one attached hydrogen (secondary N) is 1. The molecule has 0 amide bonds. The van der Waals surface area contributed by atoms with Crippen LogP contribution in [0.4, 0.5) is 16.0 Å². The van der Waals surface area contributed by atoms with Crippen LogP contribution in [0, 0.1) is 5.82 Å². The van der Waals surface area contributed by atoms with Crippen molar-refractivity contribution in [3.05, 3.63) is 50.5 Å². The number of hydrogen-bond acceptors (Lipinski definition) is 6. The molecule has 3 heterocycles. The second-order valence-corrected chi connectivity index (χ2v) is 6.14. The molecule has 2 N–H and O–H groups in total. The number of aromatic nitrogens is 3. The second-order valence-electron chi connectivity index (χ2n) is 6.14. The van der Waals surface area contributed by atoms with Crippen LogP contribution in [0.5, 0.6) is 0 Å². The van der Waals surface area contributed by atoms with Crippen molar-refractivity contribution in [3.8, 4) is 0 Å².